The molecule has 2 heterocycles. The zero-order valence-corrected chi connectivity index (χ0v) is 14.5. The summed E-state index contributed by atoms with van der Waals surface area (Å²) < 4.78 is 1.76. The average Bonchev–Trinajstić information content (AvgIpc) is 3.23. The van der Waals surface area contributed by atoms with Crippen molar-refractivity contribution in [1.29, 1.82) is 0 Å². The van der Waals surface area contributed by atoms with Gasteiger partial charge in [0.1, 0.15) is 5.01 Å². The van der Waals surface area contributed by atoms with Gasteiger partial charge in [-0.2, -0.15) is 5.10 Å². The maximum Gasteiger partial charge on any atom is 0.317 e. The molecule has 0 spiro atoms. The summed E-state index contributed by atoms with van der Waals surface area (Å²) in [6.07, 6.45) is 3.71. The highest BCUT2D eigenvalue weighted by Crippen LogP contribution is 2.24. The van der Waals surface area contributed by atoms with E-state index in [-0.39, 0.29) is 12.1 Å². The van der Waals surface area contributed by atoms with Gasteiger partial charge in [-0.1, -0.05) is 35.6 Å². The number of nitrogens with zero attached hydrogens (tertiary/aromatic N) is 4. The van der Waals surface area contributed by atoms with Crippen LogP contribution >= 0.6 is 11.3 Å². The molecule has 0 aliphatic heterocycles. The summed E-state index contributed by atoms with van der Waals surface area (Å²) in [5, 5.41) is 8.27. The molecule has 7 heteroatoms. The van der Waals surface area contributed by atoms with Crippen LogP contribution in [-0.2, 0) is 19.4 Å². The first-order valence-electron chi connectivity index (χ1n) is 7.99. The quantitative estimate of drug-likeness (QED) is 0.796. The molecule has 24 heavy (non-hydrogen) atoms. The molecular formula is C17H19N5OS. The van der Waals surface area contributed by atoms with Gasteiger partial charge in [-0.15, -0.1) is 0 Å². The number of hydrogen-bond acceptors (Lipinski definition) is 4. The fraction of sp³-hybridized carbons (Fsp3) is 0.353. The summed E-state index contributed by atoms with van der Waals surface area (Å²) in [7, 11) is 1.86. The van der Waals surface area contributed by atoms with E-state index in [4.69, 9.17) is 0 Å². The lowest BCUT2D eigenvalue weighted by atomic mass is 10.1. The molecule has 0 atom stereocenters. The molecule has 1 aliphatic rings. The van der Waals surface area contributed by atoms with E-state index in [1.807, 2.05) is 20.2 Å². The van der Waals surface area contributed by atoms with Crippen LogP contribution in [0.1, 0.15) is 21.8 Å². The van der Waals surface area contributed by atoms with Gasteiger partial charge in [-0.05, 0) is 30.9 Å². The number of urea groups is 1. The number of carbonyl (C=O) groups excluding carboxylic acids is 1. The van der Waals surface area contributed by atoms with Crippen LogP contribution in [0.3, 0.4) is 0 Å². The second-order valence-electron chi connectivity index (χ2n) is 6.18. The molecule has 6 nitrogen and oxygen atoms in total. The summed E-state index contributed by atoms with van der Waals surface area (Å²) in [4.78, 5) is 19.6. The van der Waals surface area contributed by atoms with E-state index in [1.165, 1.54) is 11.1 Å². The van der Waals surface area contributed by atoms with Crippen molar-refractivity contribution < 1.29 is 4.79 Å². The van der Waals surface area contributed by atoms with Crippen LogP contribution in [0.4, 0.5) is 4.79 Å². The van der Waals surface area contributed by atoms with Crippen LogP contribution in [0.2, 0.25) is 0 Å². The number of aryl methyl sites for hydroxylation is 1. The van der Waals surface area contributed by atoms with Crippen LogP contribution < -0.4 is 5.32 Å². The first-order chi connectivity index (χ1) is 11.6. The Morgan fingerprint density at radius 2 is 2.08 bits per heavy atom. The topological polar surface area (TPSA) is 62.5 Å². The first kappa shape index (κ1) is 15.1. The Balaban J connectivity index is 1.36. The largest absolute Gasteiger partial charge is 0.332 e. The predicted octanol–water partition coefficient (Wildman–Crippen LogP) is 2.41. The normalized spacial score (nSPS) is 14.1. The minimum Gasteiger partial charge on any atom is -0.332 e. The average molecular weight is 341 g/mol. The number of amides is 2. The third-order valence-corrected chi connectivity index (χ3v) is 5.35. The molecule has 1 aromatic carbocycles. The number of aromatic nitrogens is 3. The van der Waals surface area contributed by atoms with Gasteiger partial charge in [0.05, 0.1) is 18.4 Å². The summed E-state index contributed by atoms with van der Waals surface area (Å²) in [6.45, 7) is 2.37. The minimum absolute atomic E-state index is 0.0618. The van der Waals surface area contributed by atoms with E-state index in [9.17, 15) is 4.79 Å². The van der Waals surface area contributed by atoms with Crippen molar-refractivity contribution in [2.24, 2.45) is 0 Å². The number of benzene rings is 1. The van der Waals surface area contributed by atoms with Crippen LogP contribution in [-0.4, -0.2) is 38.6 Å². The van der Waals surface area contributed by atoms with Gasteiger partial charge >= 0.3 is 6.03 Å². The molecule has 0 bridgehead atoms. The van der Waals surface area contributed by atoms with Crippen molar-refractivity contribution in [3.8, 4) is 0 Å². The Bertz CT molecular complexity index is 843. The highest BCUT2D eigenvalue weighted by Gasteiger charge is 2.27. The maximum absolute atomic E-state index is 12.4. The van der Waals surface area contributed by atoms with Gasteiger partial charge in [-0.3, -0.25) is 0 Å². The molecule has 4 rings (SSSR count). The van der Waals surface area contributed by atoms with Crippen LogP contribution in [0.25, 0.3) is 4.96 Å². The molecule has 1 N–H and O–H groups in total. The standard InChI is InChI=1S/C17H19N5OS/c1-11-20-22-10-14(19-17(22)24-11)9-18-16(23)21(2)15-7-12-5-3-4-6-13(12)8-15/h3-6,10,15H,7-9H2,1-2H3,(H,18,23). The van der Waals surface area contributed by atoms with Gasteiger partial charge < -0.3 is 10.2 Å². The number of hydrogen-bond donors (Lipinski definition) is 1. The van der Waals surface area contributed by atoms with Gasteiger partial charge in [0.25, 0.3) is 0 Å². The van der Waals surface area contributed by atoms with E-state index in [0.717, 1.165) is 28.5 Å². The van der Waals surface area contributed by atoms with Crippen LogP contribution in [0, 0.1) is 6.92 Å². The second kappa shape index (κ2) is 5.90. The number of likely N-dealkylation sites (N-methyl/N-ethyl adjacent to an activating group) is 1. The monoisotopic (exact) mass is 341 g/mol. The van der Waals surface area contributed by atoms with E-state index in [0.29, 0.717) is 6.54 Å². The molecule has 2 aromatic heterocycles. The molecule has 3 aromatic rings. The molecule has 1 aliphatic carbocycles. The molecule has 0 saturated carbocycles. The van der Waals surface area contributed by atoms with Gasteiger partial charge in [-0.25, -0.2) is 14.3 Å². The Labute approximate surface area is 144 Å². The molecular weight excluding hydrogens is 322 g/mol. The van der Waals surface area contributed by atoms with Crippen molar-refractivity contribution >= 4 is 22.3 Å². The molecule has 0 fully saturated rings. The Morgan fingerprint density at radius 1 is 1.38 bits per heavy atom. The third kappa shape index (κ3) is 2.75. The first-order valence-corrected chi connectivity index (χ1v) is 8.81. The molecule has 0 saturated heterocycles. The lowest BCUT2D eigenvalue weighted by molar-refractivity contribution is 0.191. The molecule has 0 radical (unpaired) electrons. The SMILES string of the molecule is Cc1nn2cc(CNC(=O)N(C)C3Cc4ccccc4C3)nc2s1. The summed E-state index contributed by atoms with van der Waals surface area (Å²) >= 11 is 1.54. The number of carbonyl (C=O) groups is 1. The molecule has 124 valence electrons. The zero-order chi connectivity index (χ0) is 16.7. The van der Waals surface area contributed by atoms with Crippen molar-refractivity contribution in [2.75, 3.05) is 7.05 Å². The van der Waals surface area contributed by atoms with Gasteiger partial charge in [0, 0.05) is 13.1 Å². The fourth-order valence-corrected chi connectivity index (χ4v) is 3.94. The summed E-state index contributed by atoms with van der Waals surface area (Å²) in [5.41, 5.74) is 3.51. The second-order valence-corrected chi connectivity index (χ2v) is 7.34. The number of nitrogens with one attached hydrogen (secondary N) is 1. The summed E-state index contributed by atoms with van der Waals surface area (Å²) in [6, 6.07) is 8.57. The Hall–Kier alpha value is -2.41. The van der Waals surface area contributed by atoms with E-state index >= 15 is 0 Å². The highest BCUT2D eigenvalue weighted by molar-refractivity contribution is 7.16. The lowest BCUT2D eigenvalue weighted by Crippen LogP contribution is -2.43. The number of rotatable bonds is 3. The highest BCUT2D eigenvalue weighted by atomic mass is 32.1. The van der Waals surface area contributed by atoms with Crippen LogP contribution in [0.15, 0.2) is 30.5 Å². The van der Waals surface area contributed by atoms with Gasteiger partial charge in [0.15, 0.2) is 0 Å². The lowest BCUT2D eigenvalue weighted by Gasteiger charge is -2.24. The third-order valence-electron chi connectivity index (χ3n) is 4.51. The number of fused-ring (bicyclic) bond motifs is 2. The van der Waals surface area contributed by atoms with E-state index < -0.39 is 0 Å². The zero-order valence-electron chi connectivity index (χ0n) is 13.7. The fourth-order valence-electron chi connectivity index (χ4n) is 3.20. The van der Waals surface area contributed by atoms with Crippen molar-refractivity contribution in [1.82, 2.24) is 24.8 Å². The Morgan fingerprint density at radius 3 is 2.75 bits per heavy atom. The maximum atomic E-state index is 12.4. The van der Waals surface area contributed by atoms with E-state index in [2.05, 4.69) is 39.7 Å². The predicted molar refractivity (Wildman–Crippen MR) is 93.2 cm³/mol. The summed E-state index contributed by atoms with van der Waals surface area (Å²) in [5.74, 6) is 0. The minimum atomic E-state index is -0.0618. The Kier molecular flexibility index (Phi) is 3.72. The van der Waals surface area contributed by atoms with Crippen molar-refractivity contribution in [2.45, 2.75) is 32.4 Å². The van der Waals surface area contributed by atoms with Crippen molar-refractivity contribution in [3.05, 3.63) is 52.3 Å². The van der Waals surface area contributed by atoms with E-state index in [1.54, 1.807) is 20.8 Å². The molecule has 0 unspecified atom stereocenters. The number of imidazole rings is 1. The van der Waals surface area contributed by atoms with Crippen molar-refractivity contribution in [3.63, 3.8) is 0 Å². The van der Waals surface area contributed by atoms with Crippen LogP contribution in [0.5, 0.6) is 0 Å². The van der Waals surface area contributed by atoms with Gasteiger partial charge in [0.2, 0.25) is 4.96 Å². The smallest absolute Gasteiger partial charge is 0.317 e. The molecule has 2 amide bonds.